The van der Waals surface area contributed by atoms with Crippen molar-refractivity contribution in [3.8, 4) is 12.3 Å². The Morgan fingerprint density at radius 2 is 1.95 bits per heavy atom. The first-order chi connectivity index (χ1) is 20.5. The minimum Gasteiger partial charge on any atom is -0.388 e. The number of nitrogens with zero attached hydrogens (tertiary/aromatic N) is 3. The van der Waals surface area contributed by atoms with Crippen molar-refractivity contribution in [3.05, 3.63) is 112 Å². The van der Waals surface area contributed by atoms with Gasteiger partial charge in [-0.25, -0.2) is 0 Å². The number of aromatic nitrogens is 2. The molecule has 1 saturated carbocycles. The third-order valence-corrected chi connectivity index (χ3v) is 8.65. The average molecular weight is 579 g/mol. The third-order valence-electron chi connectivity index (χ3n) is 8.36. The Hall–Kier alpha value is -4.09. The second-order valence-corrected chi connectivity index (χ2v) is 11.7. The van der Waals surface area contributed by atoms with E-state index in [2.05, 4.69) is 63.4 Å². The zero-order chi connectivity index (χ0) is 29.1. The summed E-state index contributed by atoms with van der Waals surface area (Å²) in [7, 11) is 0. The molecule has 7 nitrogen and oxygen atoms in total. The molecule has 8 heteroatoms. The highest BCUT2D eigenvalue weighted by Crippen LogP contribution is 2.37. The molecule has 2 aromatic heterocycles. The van der Waals surface area contributed by atoms with Gasteiger partial charge in [0.1, 0.15) is 0 Å². The fourth-order valence-electron chi connectivity index (χ4n) is 5.90. The van der Waals surface area contributed by atoms with Crippen molar-refractivity contribution in [2.75, 3.05) is 11.9 Å². The molecule has 4 aromatic rings. The van der Waals surface area contributed by atoms with Gasteiger partial charge < -0.3 is 15.8 Å². The van der Waals surface area contributed by atoms with Crippen LogP contribution in [0.1, 0.15) is 66.8 Å². The van der Waals surface area contributed by atoms with Crippen molar-refractivity contribution in [2.45, 2.75) is 56.6 Å². The van der Waals surface area contributed by atoms with Gasteiger partial charge >= 0.3 is 0 Å². The fraction of sp³-hybridized carbons (Fsp3) is 0.294. The maximum atomic E-state index is 10.7. The molecule has 214 valence electrons. The molecule has 1 aliphatic carbocycles. The Kier molecular flexibility index (Phi) is 8.03. The van der Waals surface area contributed by atoms with Crippen molar-refractivity contribution < 1.29 is 5.11 Å². The molecule has 4 N–H and O–H groups in total. The van der Waals surface area contributed by atoms with Gasteiger partial charge in [-0.2, -0.15) is 0 Å². The molecule has 2 aliphatic rings. The van der Waals surface area contributed by atoms with Crippen LogP contribution in [0.4, 0.5) is 5.69 Å². The Morgan fingerprint density at radius 3 is 2.64 bits per heavy atom. The van der Waals surface area contributed by atoms with Gasteiger partial charge in [-0.05, 0) is 67.0 Å². The second kappa shape index (κ2) is 12.0. The number of halogens is 1. The molecule has 0 bridgehead atoms. The Morgan fingerprint density at radius 1 is 1.14 bits per heavy atom. The number of pyridine rings is 2. The first-order valence-corrected chi connectivity index (χ1v) is 14.9. The zero-order valence-corrected chi connectivity index (χ0v) is 24.4. The van der Waals surface area contributed by atoms with E-state index >= 15 is 0 Å². The van der Waals surface area contributed by atoms with Gasteiger partial charge in [0.15, 0.2) is 0 Å². The number of allylic oxidation sites excluding steroid dienone is 1. The summed E-state index contributed by atoms with van der Waals surface area (Å²) in [5, 5.41) is 17.8. The number of rotatable bonds is 10. The van der Waals surface area contributed by atoms with Crippen LogP contribution in [0.5, 0.6) is 0 Å². The highest BCUT2D eigenvalue weighted by Gasteiger charge is 2.37. The van der Waals surface area contributed by atoms with Gasteiger partial charge in [-0.3, -0.25) is 15.0 Å². The van der Waals surface area contributed by atoms with E-state index in [0.29, 0.717) is 29.1 Å². The molecule has 0 spiro atoms. The van der Waals surface area contributed by atoms with E-state index in [9.17, 15) is 5.11 Å². The minimum absolute atomic E-state index is 0.0337. The molecular weight excluding hydrogens is 544 g/mol. The maximum Gasteiger partial charge on any atom is 0.0910 e. The van der Waals surface area contributed by atoms with Crippen molar-refractivity contribution in [1.82, 2.24) is 25.9 Å². The van der Waals surface area contributed by atoms with Crippen molar-refractivity contribution in [2.24, 2.45) is 0 Å². The summed E-state index contributed by atoms with van der Waals surface area (Å²) in [6.07, 6.45) is 17.7. The maximum absolute atomic E-state index is 10.7. The Labute approximate surface area is 252 Å². The van der Waals surface area contributed by atoms with E-state index in [1.165, 1.54) is 5.56 Å². The van der Waals surface area contributed by atoms with Gasteiger partial charge in [0, 0.05) is 36.1 Å². The molecule has 42 heavy (non-hydrogen) atoms. The van der Waals surface area contributed by atoms with Crippen LogP contribution in [0.3, 0.4) is 0 Å². The van der Waals surface area contributed by atoms with Crippen LogP contribution in [0, 0.1) is 12.3 Å². The van der Waals surface area contributed by atoms with Gasteiger partial charge in [-0.1, -0.05) is 60.8 Å². The molecule has 2 atom stereocenters. The van der Waals surface area contributed by atoms with Gasteiger partial charge in [-0.15, -0.1) is 12.0 Å². The number of nitrogens with one attached hydrogen (secondary N) is 3. The number of hydrogen-bond donors (Lipinski definition) is 4. The zero-order valence-electron chi connectivity index (χ0n) is 23.6. The summed E-state index contributed by atoms with van der Waals surface area (Å²) >= 11 is 6.89. The summed E-state index contributed by atoms with van der Waals surface area (Å²) in [6.45, 7) is 2.68. The van der Waals surface area contributed by atoms with E-state index in [-0.39, 0.29) is 12.0 Å². The number of fused-ring (bicyclic) bond motifs is 1. The number of anilines is 1. The molecule has 0 radical (unpaired) electrons. The molecule has 3 heterocycles. The number of benzene rings is 2. The molecule has 1 fully saturated rings. The van der Waals surface area contributed by atoms with Crippen molar-refractivity contribution in [1.29, 1.82) is 0 Å². The first-order valence-electron chi connectivity index (χ1n) is 14.5. The number of hydrazine groups is 2. The second-order valence-electron chi connectivity index (χ2n) is 11.3. The van der Waals surface area contributed by atoms with Crippen LogP contribution in [0.15, 0.2) is 85.1 Å². The lowest BCUT2D eigenvalue weighted by Gasteiger charge is -2.39. The van der Waals surface area contributed by atoms with Gasteiger partial charge in [0.05, 0.1) is 45.7 Å². The van der Waals surface area contributed by atoms with Crippen LogP contribution in [0.2, 0.25) is 5.02 Å². The standard InChI is InChI=1S/C34H35ClN6O/c1-3-24-20-37-33-28(32(24)38-30(4-2)25-10-6-5-7-11-25)17-23(18-29(33)35)16-27(26-12-8-15-36-19-26)31-21-41(40-39-31)22-34(42)13-9-14-34/h1,5-8,10-12,15,17-21,27,30,39-40,42H,4,9,13-14,16,22H2,2H3,(H,37,38)/t27-,30+/m0/s1. The molecule has 6 rings (SSSR count). The van der Waals surface area contributed by atoms with E-state index in [1.54, 1.807) is 12.4 Å². The summed E-state index contributed by atoms with van der Waals surface area (Å²) in [5.41, 5.74) is 12.5. The molecule has 1 aliphatic heterocycles. The summed E-state index contributed by atoms with van der Waals surface area (Å²) in [6, 6.07) is 18.6. The average Bonchev–Trinajstić information content (AvgIpc) is 3.46. The van der Waals surface area contributed by atoms with Crippen LogP contribution >= 0.6 is 11.6 Å². The number of hydrogen-bond acceptors (Lipinski definition) is 7. The highest BCUT2D eigenvalue weighted by atomic mass is 35.5. The van der Waals surface area contributed by atoms with Crippen LogP contribution in [-0.2, 0) is 6.42 Å². The van der Waals surface area contributed by atoms with Crippen LogP contribution in [-0.4, -0.2) is 32.2 Å². The normalized spacial score (nSPS) is 17.1. The summed E-state index contributed by atoms with van der Waals surface area (Å²) in [5.74, 6) is 2.79. The largest absolute Gasteiger partial charge is 0.388 e. The first kappa shape index (κ1) is 28.0. The summed E-state index contributed by atoms with van der Waals surface area (Å²) in [4.78, 5) is 9.04. The predicted molar refractivity (Wildman–Crippen MR) is 168 cm³/mol. The number of terminal acetylenes is 1. The van der Waals surface area contributed by atoms with E-state index < -0.39 is 5.60 Å². The van der Waals surface area contributed by atoms with E-state index in [1.807, 2.05) is 47.7 Å². The SMILES string of the molecule is C#Cc1cnc2c(Cl)cc(C[C@H](C3=CN(CC4(O)CCC4)NN3)c3cccnc3)cc2c1N[C@H](CC)c1ccccc1. The molecule has 0 saturated heterocycles. The monoisotopic (exact) mass is 578 g/mol. The molecule has 0 unspecified atom stereocenters. The fourth-order valence-corrected chi connectivity index (χ4v) is 6.19. The predicted octanol–water partition coefficient (Wildman–Crippen LogP) is 6.24. The minimum atomic E-state index is -0.641. The molecule has 0 amide bonds. The molecule has 2 aromatic carbocycles. The smallest absolute Gasteiger partial charge is 0.0910 e. The topological polar surface area (TPSA) is 85.3 Å². The van der Waals surface area contributed by atoms with Gasteiger partial charge in [0.2, 0.25) is 0 Å². The number of aliphatic hydroxyl groups is 1. The van der Waals surface area contributed by atoms with E-state index in [4.69, 9.17) is 18.0 Å². The van der Waals surface area contributed by atoms with Crippen molar-refractivity contribution >= 4 is 28.2 Å². The molecular formula is C34H35ClN6O. The highest BCUT2D eigenvalue weighted by molar-refractivity contribution is 6.35. The lowest BCUT2D eigenvalue weighted by Crippen LogP contribution is -2.50. The van der Waals surface area contributed by atoms with E-state index in [0.717, 1.165) is 53.6 Å². The number of β-amino-alcohol motifs (C(OH)–C–C–N with tert-alkyl or cyclic N) is 1. The summed E-state index contributed by atoms with van der Waals surface area (Å²) < 4.78 is 0. The van der Waals surface area contributed by atoms with Crippen molar-refractivity contribution in [3.63, 3.8) is 0 Å². The quantitative estimate of drug-likeness (QED) is 0.166. The van der Waals surface area contributed by atoms with Crippen LogP contribution in [0.25, 0.3) is 10.9 Å². The van der Waals surface area contributed by atoms with Gasteiger partial charge in [0.25, 0.3) is 0 Å². The van der Waals surface area contributed by atoms with Crippen LogP contribution < -0.4 is 16.3 Å². The third kappa shape index (κ3) is 5.79. The lowest BCUT2D eigenvalue weighted by molar-refractivity contribution is -0.0581. The Balaban J connectivity index is 1.37. The Bertz CT molecular complexity index is 1630. The lowest BCUT2D eigenvalue weighted by atomic mass is 9.80.